The second-order valence-electron chi connectivity index (χ2n) is 1.97. The minimum absolute atomic E-state index is 0.504. The molecule has 0 aromatic carbocycles. The molecular formula is C6H8BrN3. The topological polar surface area (TPSA) is 51.8 Å². The number of hydrogen-bond acceptors (Lipinski definition) is 3. The van der Waals surface area contributed by atoms with Crippen LogP contribution in [-0.4, -0.2) is 9.97 Å². The summed E-state index contributed by atoms with van der Waals surface area (Å²) in [4.78, 5) is 8.09. The Balaban J connectivity index is 3.04. The molecule has 54 valence electrons. The molecule has 0 fully saturated rings. The van der Waals surface area contributed by atoms with E-state index in [-0.39, 0.29) is 0 Å². The highest BCUT2D eigenvalue weighted by molar-refractivity contribution is 9.08. The average Bonchev–Trinajstić information content (AvgIpc) is 1.95. The third-order valence-electron chi connectivity index (χ3n) is 1.17. The van der Waals surface area contributed by atoms with Crippen LogP contribution in [0.5, 0.6) is 0 Å². The van der Waals surface area contributed by atoms with Crippen molar-refractivity contribution in [3.63, 3.8) is 0 Å². The molecule has 0 atom stereocenters. The summed E-state index contributed by atoms with van der Waals surface area (Å²) < 4.78 is 0. The van der Waals surface area contributed by atoms with E-state index in [4.69, 9.17) is 5.73 Å². The molecule has 3 nitrogen and oxygen atoms in total. The molecule has 0 amide bonds. The maximum atomic E-state index is 5.45. The van der Waals surface area contributed by atoms with Crippen molar-refractivity contribution in [3.05, 3.63) is 17.6 Å². The van der Waals surface area contributed by atoms with Crippen LogP contribution in [0.1, 0.15) is 11.4 Å². The van der Waals surface area contributed by atoms with Crippen LogP contribution in [0, 0.1) is 6.92 Å². The maximum Gasteiger partial charge on any atom is 0.144 e. The number of nitrogens with zero attached hydrogens (tertiary/aromatic N) is 2. The highest BCUT2D eigenvalue weighted by Crippen LogP contribution is 2.05. The van der Waals surface area contributed by atoms with Crippen LogP contribution in [0.3, 0.4) is 0 Å². The monoisotopic (exact) mass is 201 g/mol. The van der Waals surface area contributed by atoms with E-state index in [0.717, 1.165) is 16.7 Å². The number of halogens is 1. The van der Waals surface area contributed by atoms with Gasteiger partial charge in [-0.25, -0.2) is 4.98 Å². The van der Waals surface area contributed by atoms with E-state index >= 15 is 0 Å². The molecule has 0 aliphatic rings. The van der Waals surface area contributed by atoms with Gasteiger partial charge in [-0.05, 0) is 6.92 Å². The number of aromatic nitrogens is 2. The van der Waals surface area contributed by atoms with Crippen molar-refractivity contribution in [3.8, 4) is 0 Å². The SMILES string of the molecule is Cc1nc(CBr)cnc1N. The van der Waals surface area contributed by atoms with E-state index in [1.165, 1.54) is 0 Å². The zero-order valence-electron chi connectivity index (χ0n) is 5.63. The molecule has 0 aliphatic heterocycles. The van der Waals surface area contributed by atoms with Crippen molar-refractivity contribution in [1.29, 1.82) is 0 Å². The van der Waals surface area contributed by atoms with E-state index < -0.39 is 0 Å². The fraction of sp³-hybridized carbons (Fsp3) is 0.333. The quantitative estimate of drug-likeness (QED) is 0.697. The first kappa shape index (κ1) is 7.47. The third-order valence-corrected chi connectivity index (χ3v) is 1.75. The predicted molar refractivity (Wildman–Crippen MR) is 43.8 cm³/mol. The van der Waals surface area contributed by atoms with Gasteiger partial charge in [0.2, 0.25) is 0 Å². The Kier molecular flexibility index (Phi) is 2.21. The lowest BCUT2D eigenvalue weighted by Gasteiger charge is -1.98. The maximum absolute atomic E-state index is 5.45. The molecular weight excluding hydrogens is 194 g/mol. The Bertz CT molecular complexity index is 236. The Labute approximate surface area is 67.8 Å². The molecule has 1 aromatic heterocycles. The van der Waals surface area contributed by atoms with Gasteiger partial charge < -0.3 is 5.73 Å². The Morgan fingerprint density at radius 2 is 2.40 bits per heavy atom. The zero-order valence-corrected chi connectivity index (χ0v) is 7.22. The van der Waals surface area contributed by atoms with Crippen LogP contribution in [0.2, 0.25) is 0 Å². The molecule has 4 heteroatoms. The molecule has 1 heterocycles. The van der Waals surface area contributed by atoms with Gasteiger partial charge in [0.1, 0.15) is 5.82 Å². The first-order valence-electron chi connectivity index (χ1n) is 2.88. The minimum atomic E-state index is 0.504. The molecule has 0 saturated carbocycles. The molecule has 0 radical (unpaired) electrons. The van der Waals surface area contributed by atoms with Gasteiger partial charge in [0.15, 0.2) is 0 Å². The van der Waals surface area contributed by atoms with Gasteiger partial charge in [-0.1, -0.05) is 15.9 Å². The molecule has 0 unspecified atom stereocenters. The minimum Gasteiger partial charge on any atom is -0.382 e. The summed E-state index contributed by atoms with van der Waals surface area (Å²) in [5.41, 5.74) is 7.15. The lowest BCUT2D eigenvalue weighted by Crippen LogP contribution is -1.98. The summed E-state index contributed by atoms with van der Waals surface area (Å²) >= 11 is 3.27. The predicted octanol–water partition coefficient (Wildman–Crippen LogP) is 1.26. The average molecular weight is 202 g/mol. The van der Waals surface area contributed by atoms with Crippen LogP contribution in [-0.2, 0) is 5.33 Å². The zero-order chi connectivity index (χ0) is 7.56. The van der Waals surface area contributed by atoms with Crippen LogP contribution in [0.25, 0.3) is 0 Å². The molecule has 1 aromatic rings. The van der Waals surface area contributed by atoms with E-state index in [9.17, 15) is 0 Å². The summed E-state index contributed by atoms with van der Waals surface area (Å²) in [5, 5.41) is 0.723. The number of hydrogen-bond donors (Lipinski definition) is 1. The second-order valence-corrected chi connectivity index (χ2v) is 2.53. The van der Waals surface area contributed by atoms with Crippen molar-refractivity contribution in [2.45, 2.75) is 12.3 Å². The van der Waals surface area contributed by atoms with E-state index in [2.05, 4.69) is 25.9 Å². The molecule has 1 rings (SSSR count). The first-order valence-corrected chi connectivity index (χ1v) is 4.00. The molecule has 0 bridgehead atoms. The number of anilines is 1. The molecule has 2 N–H and O–H groups in total. The summed E-state index contributed by atoms with van der Waals surface area (Å²) in [6, 6.07) is 0. The fourth-order valence-corrected chi connectivity index (χ4v) is 0.874. The summed E-state index contributed by atoms with van der Waals surface area (Å²) in [6.45, 7) is 1.84. The standard InChI is InChI=1S/C6H8BrN3/c1-4-6(8)9-3-5(2-7)10-4/h3H,2H2,1H3,(H2,8,9). The van der Waals surface area contributed by atoms with Crippen molar-refractivity contribution >= 4 is 21.7 Å². The largest absolute Gasteiger partial charge is 0.382 e. The highest BCUT2D eigenvalue weighted by atomic mass is 79.9. The Hall–Kier alpha value is -0.640. The number of rotatable bonds is 1. The van der Waals surface area contributed by atoms with Gasteiger partial charge >= 0.3 is 0 Å². The lowest BCUT2D eigenvalue weighted by molar-refractivity contribution is 1.06. The van der Waals surface area contributed by atoms with Crippen molar-refractivity contribution in [1.82, 2.24) is 9.97 Å². The van der Waals surface area contributed by atoms with E-state index in [0.29, 0.717) is 5.82 Å². The van der Waals surface area contributed by atoms with Crippen molar-refractivity contribution in [2.75, 3.05) is 5.73 Å². The molecule has 0 aliphatic carbocycles. The Morgan fingerprint density at radius 3 is 2.90 bits per heavy atom. The van der Waals surface area contributed by atoms with Gasteiger partial charge in [-0.15, -0.1) is 0 Å². The summed E-state index contributed by atoms with van der Waals surface area (Å²) in [6.07, 6.45) is 1.66. The van der Waals surface area contributed by atoms with Crippen molar-refractivity contribution in [2.24, 2.45) is 0 Å². The van der Waals surface area contributed by atoms with Crippen LogP contribution in [0.4, 0.5) is 5.82 Å². The number of alkyl halides is 1. The number of nitrogens with two attached hydrogens (primary N) is 1. The lowest BCUT2D eigenvalue weighted by atomic mass is 10.4. The van der Waals surface area contributed by atoms with E-state index in [1.54, 1.807) is 6.20 Å². The van der Waals surface area contributed by atoms with Crippen LogP contribution in [0.15, 0.2) is 6.20 Å². The molecule has 0 saturated heterocycles. The van der Waals surface area contributed by atoms with Gasteiger partial charge in [-0.2, -0.15) is 0 Å². The second kappa shape index (κ2) is 2.96. The molecule has 0 spiro atoms. The normalized spacial score (nSPS) is 9.80. The smallest absolute Gasteiger partial charge is 0.144 e. The molecule has 10 heavy (non-hydrogen) atoms. The summed E-state index contributed by atoms with van der Waals surface area (Å²) in [7, 11) is 0. The van der Waals surface area contributed by atoms with Crippen LogP contribution >= 0.6 is 15.9 Å². The highest BCUT2D eigenvalue weighted by Gasteiger charge is 1.96. The van der Waals surface area contributed by atoms with Gasteiger partial charge in [0.05, 0.1) is 17.6 Å². The van der Waals surface area contributed by atoms with E-state index in [1.807, 2.05) is 6.92 Å². The number of nitrogen functional groups attached to an aromatic ring is 1. The Morgan fingerprint density at radius 1 is 1.70 bits per heavy atom. The van der Waals surface area contributed by atoms with Gasteiger partial charge in [0.25, 0.3) is 0 Å². The van der Waals surface area contributed by atoms with Crippen molar-refractivity contribution < 1.29 is 0 Å². The first-order chi connectivity index (χ1) is 4.74. The van der Waals surface area contributed by atoms with Gasteiger partial charge in [-0.3, -0.25) is 4.98 Å². The summed E-state index contributed by atoms with van der Waals surface area (Å²) in [5.74, 6) is 0.504. The van der Waals surface area contributed by atoms with Gasteiger partial charge in [0, 0.05) is 5.33 Å². The van der Waals surface area contributed by atoms with Crippen LogP contribution < -0.4 is 5.73 Å². The fourth-order valence-electron chi connectivity index (χ4n) is 0.603. The third kappa shape index (κ3) is 1.44. The number of aryl methyl sites for hydroxylation is 1.